The second-order valence-electron chi connectivity index (χ2n) is 7.54. The Morgan fingerprint density at radius 2 is 2.08 bits per heavy atom. The molecule has 0 unspecified atom stereocenters. The van der Waals surface area contributed by atoms with Crippen LogP contribution in [0.15, 0.2) is 24.8 Å². The topological polar surface area (TPSA) is 75.6 Å². The summed E-state index contributed by atoms with van der Waals surface area (Å²) in [5, 5.41) is 3.80. The van der Waals surface area contributed by atoms with Crippen LogP contribution in [0.5, 0.6) is 0 Å². The van der Waals surface area contributed by atoms with Crippen LogP contribution >= 0.6 is 0 Å². The van der Waals surface area contributed by atoms with E-state index < -0.39 is 24.9 Å². The van der Waals surface area contributed by atoms with E-state index >= 15 is 0 Å². The van der Waals surface area contributed by atoms with Crippen molar-refractivity contribution in [2.75, 3.05) is 0 Å². The average Bonchev–Trinajstić information content (AvgIpc) is 3.12. The Hall–Kier alpha value is -2.58. The number of alkyl halides is 3. The highest BCUT2D eigenvalue weighted by Gasteiger charge is 2.70. The molecular formula is C17H16F3N5O. The molecule has 3 aliphatic rings. The third kappa shape index (κ3) is 2.15. The molecule has 6 rings (SSSR count). The Morgan fingerprint density at radius 3 is 2.81 bits per heavy atom. The van der Waals surface area contributed by atoms with E-state index in [-0.39, 0.29) is 11.1 Å². The first-order valence-electron chi connectivity index (χ1n) is 8.47. The molecule has 3 fully saturated rings. The number of nitrogens with one attached hydrogen (secondary N) is 2. The number of hydrogen-bond donors (Lipinski definition) is 2. The van der Waals surface area contributed by atoms with E-state index in [1.54, 1.807) is 12.5 Å². The molecule has 2 N–H and O–H groups in total. The normalized spacial score (nSPS) is 27.3. The number of amides is 1. The zero-order chi connectivity index (χ0) is 18.2. The lowest BCUT2D eigenvalue weighted by Crippen LogP contribution is -2.78. The van der Waals surface area contributed by atoms with E-state index in [2.05, 4.69) is 24.8 Å². The highest BCUT2D eigenvalue weighted by molar-refractivity contribution is 6.01. The number of carbonyl (C=O) groups excluding carboxylic acids is 1. The molecule has 0 aromatic carbocycles. The van der Waals surface area contributed by atoms with Gasteiger partial charge in [0.1, 0.15) is 11.2 Å². The zero-order valence-electron chi connectivity index (χ0n) is 13.7. The van der Waals surface area contributed by atoms with E-state index in [0.717, 1.165) is 41.3 Å². The van der Waals surface area contributed by atoms with E-state index in [1.807, 2.05) is 12.3 Å². The van der Waals surface area contributed by atoms with E-state index in [9.17, 15) is 18.0 Å². The maximum Gasteiger partial charge on any atom is 0.389 e. The molecule has 0 saturated heterocycles. The van der Waals surface area contributed by atoms with E-state index in [0.29, 0.717) is 0 Å². The molecule has 0 atom stereocenters. The number of imidazole rings is 1. The summed E-state index contributed by atoms with van der Waals surface area (Å²) in [6, 6.07) is 1.96. The predicted octanol–water partition coefficient (Wildman–Crippen LogP) is 3.00. The van der Waals surface area contributed by atoms with Crippen molar-refractivity contribution in [2.24, 2.45) is 0 Å². The Labute approximate surface area is 145 Å². The summed E-state index contributed by atoms with van der Waals surface area (Å²) >= 11 is 0. The summed E-state index contributed by atoms with van der Waals surface area (Å²) in [6.45, 7) is 0. The first kappa shape index (κ1) is 15.7. The SMILES string of the molecule is O=C(CCC(F)(F)F)NC12CC(n3cnc4cnc5[nH]ccc5c43)(C1)C2. The van der Waals surface area contributed by atoms with Crippen LogP contribution in [0.3, 0.4) is 0 Å². The predicted molar refractivity (Wildman–Crippen MR) is 87.4 cm³/mol. The Bertz CT molecular complexity index is 1010. The van der Waals surface area contributed by atoms with Gasteiger partial charge in [0, 0.05) is 23.5 Å². The quantitative estimate of drug-likeness (QED) is 0.748. The van der Waals surface area contributed by atoms with Crippen molar-refractivity contribution in [3.63, 3.8) is 0 Å². The van der Waals surface area contributed by atoms with Gasteiger partial charge in [-0.05, 0) is 25.3 Å². The molecule has 3 heterocycles. The second kappa shape index (κ2) is 4.77. The smallest absolute Gasteiger partial charge is 0.350 e. The molecule has 6 nitrogen and oxygen atoms in total. The van der Waals surface area contributed by atoms with Crippen molar-refractivity contribution < 1.29 is 18.0 Å². The van der Waals surface area contributed by atoms with Gasteiger partial charge in [-0.25, -0.2) is 9.97 Å². The monoisotopic (exact) mass is 363 g/mol. The number of carbonyl (C=O) groups is 1. The Kier molecular flexibility index (Phi) is 2.87. The standard InChI is InChI=1S/C17H16F3N5O/c18-17(19,20)3-1-12(26)24-15-6-16(7-15,8-15)25-9-23-11-5-22-14-10(13(11)25)2-4-21-14/h2,4-5,9H,1,3,6-8H2,(H,21,22)(H,24,26). The van der Waals surface area contributed by atoms with Crippen molar-refractivity contribution in [1.82, 2.24) is 24.8 Å². The van der Waals surface area contributed by atoms with Crippen LogP contribution in [0.4, 0.5) is 13.2 Å². The Morgan fingerprint density at radius 1 is 1.31 bits per heavy atom. The molecule has 1 amide bonds. The lowest BCUT2D eigenvalue weighted by Gasteiger charge is -2.70. The van der Waals surface area contributed by atoms with E-state index in [4.69, 9.17) is 0 Å². The minimum absolute atomic E-state index is 0.113. The van der Waals surface area contributed by atoms with Crippen molar-refractivity contribution in [3.8, 4) is 0 Å². The van der Waals surface area contributed by atoms with Gasteiger partial charge in [-0.2, -0.15) is 13.2 Å². The van der Waals surface area contributed by atoms with Gasteiger partial charge in [-0.1, -0.05) is 0 Å². The highest BCUT2D eigenvalue weighted by atomic mass is 19.4. The minimum Gasteiger partial charge on any atom is -0.350 e. The van der Waals surface area contributed by atoms with Gasteiger partial charge in [0.05, 0.1) is 30.0 Å². The molecule has 3 aliphatic carbocycles. The van der Waals surface area contributed by atoms with Gasteiger partial charge in [-0.15, -0.1) is 0 Å². The molecule has 9 heteroatoms. The maximum atomic E-state index is 12.3. The average molecular weight is 363 g/mol. The van der Waals surface area contributed by atoms with Gasteiger partial charge in [0.2, 0.25) is 5.91 Å². The van der Waals surface area contributed by atoms with Crippen LogP contribution in [-0.4, -0.2) is 37.1 Å². The number of fused-ring (bicyclic) bond motifs is 3. The molecule has 3 aromatic heterocycles. The number of hydrogen-bond acceptors (Lipinski definition) is 3. The molecular weight excluding hydrogens is 347 g/mol. The first-order chi connectivity index (χ1) is 12.3. The fourth-order valence-corrected chi connectivity index (χ4v) is 4.60. The fraction of sp³-hybridized carbons (Fsp3) is 0.471. The number of aromatic nitrogens is 4. The zero-order valence-corrected chi connectivity index (χ0v) is 13.7. The fourth-order valence-electron chi connectivity index (χ4n) is 4.60. The van der Waals surface area contributed by atoms with E-state index in [1.165, 1.54) is 0 Å². The van der Waals surface area contributed by atoms with Crippen LogP contribution in [0.2, 0.25) is 0 Å². The number of halogens is 3. The molecule has 2 bridgehead atoms. The third-order valence-electron chi connectivity index (χ3n) is 5.65. The van der Waals surface area contributed by atoms with Gasteiger partial charge in [0.15, 0.2) is 0 Å². The van der Waals surface area contributed by atoms with Crippen molar-refractivity contribution in [3.05, 3.63) is 24.8 Å². The molecule has 0 spiro atoms. The maximum absolute atomic E-state index is 12.3. The summed E-state index contributed by atoms with van der Waals surface area (Å²) in [5.41, 5.74) is 2.14. The van der Waals surface area contributed by atoms with Crippen molar-refractivity contribution in [1.29, 1.82) is 0 Å². The molecule has 136 valence electrons. The van der Waals surface area contributed by atoms with Gasteiger partial charge >= 0.3 is 6.18 Å². The third-order valence-corrected chi connectivity index (χ3v) is 5.65. The second-order valence-corrected chi connectivity index (χ2v) is 7.54. The lowest BCUT2D eigenvalue weighted by molar-refractivity contribution is -0.161. The van der Waals surface area contributed by atoms with Crippen LogP contribution in [0.25, 0.3) is 22.1 Å². The number of rotatable bonds is 4. The molecule has 3 saturated carbocycles. The summed E-state index contributed by atoms with van der Waals surface area (Å²) in [7, 11) is 0. The van der Waals surface area contributed by atoms with Gasteiger partial charge < -0.3 is 14.9 Å². The largest absolute Gasteiger partial charge is 0.389 e. The number of nitrogens with zero attached hydrogens (tertiary/aromatic N) is 3. The number of H-pyrrole nitrogens is 1. The minimum atomic E-state index is -4.30. The summed E-state index contributed by atoms with van der Waals surface area (Å²) in [5.74, 6) is -0.525. The van der Waals surface area contributed by atoms with Crippen LogP contribution in [-0.2, 0) is 10.3 Å². The van der Waals surface area contributed by atoms with Gasteiger partial charge in [-0.3, -0.25) is 4.79 Å². The highest BCUT2D eigenvalue weighted by Crippen LogP contribution is 2.65. The summed E-state index contributed by atoms with van der Waals surface area (Å²) < 4.78 is 38.9. The van der Waals surface area contributed by atoms with Crippen LogP contribution < -0.4 is 5.32 Å². The first-order valence-corrected chi connectivity index (χ1v) is 8.47. The lowest BCUT2D eigenvalue weighted by atomic mass is 9.44. The van der Waals surface area contributed by atoms with Crippen LogP contribution in [0.1, 0.15) is 32.1 Å². The molecule has 0 radical (unpaired) electrons. The number of aromatic amines is 1. The van der Waals surface area contributed by atoms with Crippen molar-refractivity contribution in [2.45, 2.75) is 49.4 Å². The van der Waals surface area contributed by atoms with Gasteiger partial charge in [0.25, 0.3) is 0 Å². The molecule has 26 heavy (non-hydrogen) atoms. The van der Waals surface area contributed by atoms with Crippen LogP contribution in [0, 0.1) is 0 Å². The number of pyridine rings is 1. The molecule has 0 aliphatic heterocycles. The summed E-state index contributed by atoms with van der Waals surface area (Å²) in [6.07, 6.45) is 1.62. The Balaban J connectivity index is 1.34. The summed E-state index contributed by atoms with van der Waals surface area (Å²) in [4.78, 5) is 23.7. The van der Waals surface area contributed by atoms with Crippen molar-refractivity contribution >= 4 is 28.0 Å². The molecule has 3 aromatic rings.